The lowest BCUT2D eigenvalue weighted by Gasteiger charge is -2.50. The lowest BCUT2D eigenvalue weighted by Crippen LogP contribution is -2.61. The van der Waals surface area contributed by atoms with Crippen molar-refractivity contribution in [3.63, 3.8) is 0 Å². The normalized spacial score (nSPS) is 29.1. The molecule has 0 radical (unpaired) electrons. The van der Waals surface area contributed by atoms with Gasteiger partial charge in [-0.2, -0.15) is 0 Å². The van der Waals surface area contributed by atoms with Gasteiger partial charge in [-0.25, -0.2) is 0 Å². The molecule has 1 saturated heterocycles. The van der Waals surface area contributed by atoms with E-state index >= 15 is 0 Å². The summed E-state index contributed by atoms with van der Waals surface area (Å²) >= 11 is 0. The zero-order valence-electron chi connectivity index (χ0n) is 20.0. The fourth-order valence-corrected chi connectivity index (χ4v) is 6.09. The molecule has 0 unspecified atom stereocenters. The molecule has 2 amide bonds. The Kier molecular flexibility index (Phi) is 4.87. The molecule has 176 valence electrons. The average molecular weight is 460 g/mol. The lowest BCUT2D eigenvalue weighted by molar-refractivity contribution is -0.192. The molecule has 2 heterocycles. The number of esters is 1. The van der Waals surface area contributed by atoms with E-state index in [0.717, 1.165) is 5.56 Å². The summed E-state index contributed by atoms with van der Waals surface area (Å²) in [5, 5.41) is 0. The maximum Gasteiger partial charge on any atom is 0.322 e. The van der Waals surface area contributed by atoms with Crippen LogP contribution >= 0.6 is 0 Å². The Labute approximate surface area is 199 Å². The second-order valence-electron chi connectivity index (χ2n) is 10.7. The first-order valence-electron chi connectivity index (χ1n) is 11.8. The van der Waals surface area contributed by atoms with Crippen LogP contribution in [0.2, 0.25) is 0 Å². The minimum Gasteiger partial charge on any atom is -0.464 e. The van der Waals surface area contributed by atoms with Crippen molar-refractivity contribution in [1.82, 2.24) is 4.90 Å². The SMILES string of the molecule is Cc1ccc(C(=O)C[C@@H]2c3ccccc3C(=O)N2C(=O)[C@@]23CC[C@@](C)(COC2=O)C3(C)C)cc1. The van der Waals surface area contributed by atoms with Crippen LogP contribution in [0.4, 0.5) is 0 Å². The number of hydrogen-bond acceptors (Lipinski definition) is 5. The third kappa shape index (κ3) is 2.80. The molecule has 2 fully saturated rings. The van der Waals surface area contributed by atoms with Gasteiger partial charge < -0.3 is 4.74 Å². The number of imide groups is 1. The van der Waals surface area contributed by atoms with Crippen molar-refractivity contribution in [3.05, 3.63) is 70.8 Å². The molecule has 2 aliphatic heterocycles. The van der Waals surface area contributed by atoms with E-state index in [1.807, 2.05) is 39.8 Å². The highest BCUT2D eigenvalue weighted by Gasteiger charge is 2.73. The molecule has 5 rings (SSSR count). The summed E-state index contributed by atoms with van der Waals surface area (Å²) < 4.78 is 5.53. The van der Waals surface area contributed by atoms with Gasteiger partial charge in [0.25, 0.3) is 5.91 Å². The van der Waals surface area contributed by atoms with Gasteiger partial charge >= 0.3 is 5.97 Å². The summed E-state index contributed by atoms with van der Waals surface area (Å²) in [5.74, 6) is -1.73. The molecule has 3 aliphatic rings. The topological polar surface area (TPSA) is 80.8 Å². The van der Waals surface area contributed by atoms with Crippen molar-refractivity contribution in [2.45, 2.75) is 53.0 Å². The second-order valence-corrected chi connectivity index (χ2v) is 10.7. The van der Waals surface area contributed by atoms with Crippen molar-refractivity contribution in [1.29, 1.82) is 0 Å². The van der Waals surface area contributed by atoms with E-state index in [0.29, 0.717) is 29.5 Å². The Morgan fingerprint density at radius 2 is 1.68 bits per heavy atom. The molecule has 2 aromatic rings. The number of fused-ring (bicyclic) bond motifs is 3. The summed E-state index contributed by atoms with van der Waals surface area (Å²) in [7, 11) is 0. The molecule has 2 bridgehead atoms. The highest BCUT2D eigenvalue weighted by molar-refractivity contribution is 6.16. The van der Waals surface area contributed by atoms with Crippen LogP contribution in [0, 0.1) is 23.2 Å². The van der Waals surface area contributed by atoms with Gasteiger partial charge in [0.1, 0.15) is 0 Å². The number of rotatable bonds is 4. The standard InChI is InChI=1S/C28H29NO5/c1-17-9-11-18(12-10-17)22(30)15-21-19-7-5-6-8-20(19)23(31)29(21)24(32)28-14-13-27(4,26(28,2)3)16-34-25(28)33/h5-12,21H,13-16H2,1-4H3/t21-,27+,28+/m1/s1. The Balaban J connectivity index is 1.57. The van der Waals surface area contributed by atoms with E-state index in [-0.39, 0.29) is 24.2 Å². The van der Waals surface area contributed by atoms with Gasteiger partial charge in [0.05, 0.1) is 12.6 Å². The Morgan fingerprint density at radius 3 is 2.38 bits per heavy atom. The molecule has 0 N–H and O–H groups in total. The number of carbonyl (C=O) groups is 4. The quantitative estimate of drug-likeness (QED) is 0.287. The molecule has 0 spiro atoms. The highest BCUT2D eigenvalue weighted by Crippen LogP contribution is 2.66. The highest BCUT2D eigenvalue weighted by atomic mass is 16.5. The third-order valence-electron chi connectivity index (χ3n) is 8.91. The largest absolute Gasteiger partial charge is 0.464 e. The summed E-state index contributed by atoms with van der Waals surface area (Å²) in [6.45, 7) is 8.10. The first kappa shape index (κ1) is 22.5. The van der Waals surface area contributed by atoms with Crippen molar-refractivity contribution in [3.8, 4) is 0 Å². The molecular formula is C28H29NO5. The van der Waals surface area contributed by atoms with Crippen LogP contribution in [0.1, 0.15) is 77.9 Å². The molecule has 6 nitrogen and oxygen atoms in total. The number of benzene rings is 2. The van der Waals surface area contributed by atoms with Crippen LogP contribution < -0.4 is 0 Å². The molecule has 1 aliphatic carbocycles. The molecular weight excluding hydrogens is 430 g/mol. The van der Waals surface area contributed by atoms with E-state index < -0.39 is 34.7 Å². The van der Waals surface area contributed by atoms with Crippen molar-refractivity contribution in [2.75, 3.05) is 6.61 Å². The number of carbonyl (C=O) groups excluding carboxylic acids is 4. The number of ketones is 1. The van der Waals surface area contributed by atoms with Crippen LogP contribution in [0.25, 0.3) is 0 Å². The van der Waals surface area contributed by atoms with E-state index in [4.69, 9.17) is 4.74 Å². The van der Waals surface area contributed by atoms with Crippen LogP contribution in [0.3, 0.4) is 0 Å². The Hall–Kier alpha value is -3.28. The Morgan fingerprint density at radius 1 is 1.00 bits per heavy atom. The number of aryl methyl sites for hydroxylation is 1. The lowest BCUT2D eigenvalue weighted by atomic mass is 9.57. The fourth-order valence-electron chi connectivity index (χ4n) is 6.09. The number of nitrogens with zero attached hydrogens (tertiary/aromatic N) is 1. The molecule has 2 aromatic carbocycles. The van der Waals surface area contributed by atoms with Gasteiger partial charge in [0.15, 0.2) is 11.2 Å². The summed E-state index contributed by atoms with van der Waals surface area (Å²) in [5.41, 5.74) is 0.0853. The fraction of sp³-hybridized carbons (Fsp3) is 0.429. The smallest absolute Gasteiger partial charge is 0.322 e. The summed E-state index contributed by atoms with van der Waals surface area (Å²) in [6.07, 6.45) is 0.937. The van der Waals surface area contributed by atoms with E-state index in [1.165, 1.54) is 4.90 Å². The predicted octanol–water partition coefficient (Wildman–Crippen LogP) is 4.66. The van der Waals surface area contributed by atoms with Gasteiger partial charge in [0, 0.05) is 23.0 Å². The minimum atomic E-state index is -1.46. The van der Waals surface area contributed by atoms with Crippen molar-refractivity contribution < 1.29 is 23.9 Å². The molecule has 3 atom stereocenters. The summed E-state index contributed by atoms with van der Waals surface area (Å²) in [6, 6.07) is 13.5. The van der Waals surface area contributed by atoms with Crippen LogP contribution in [0.5, 0.6) is 0 Å². The van der Waals surface area contributed by atoms with Crippen LogP contribution in [-0.2, 0) is 14.3 Å². The average Bonchev–Trinajstić information content (AvgIpc) is 3.13. The minimum absolute atomic E-state index is 0.0413. The maximum absolute atomic E-state index is 14.3. The number of amides is 2. The van der Waals surface area contributed by atoms with Crippen molar-refractivity contribution in [2.24, 2.45) is 16.2 Å². The number of ether oxygens (including phenoxy) is 1. The van der Waals surface area contributed by atoms with Gasteiger partial charge in [-0.05, 0) is 36.8 Å². The molecule has 1 saturated carbocycles. The first-order valence-corrected chi connectivity index (χ1v) is 11.8. The summed E-state index contributed by atoms with van der Waals surface area (Å²) in [4.78, 5) is 55.5. The zero-order chi connectivity index (χ0) is 24.5. The number of hydrogen-bond donors (Lipinski definition) is 0. The van der Waals surface area contributed by atoms with Crippen LogP contribution in [0.15, 0.2) is 48.5 Å². The zero-order valence-corrected chi connectivity index (χ0v) is 20.0. The number of Topliss-reactive ketones (excluding diaryl/α,β-unsaturated/α-hetero) is 1. The third-order valence-corrected chi connectivity index (χ3v) is 8.91. The van der Waals surface area contributed by atoms with E-state index in [1.54, 1.807) is 36.4 Å². The van der Waals surface area contributed by atoms with E-state index in [9.17, 15) is 19.2 Å². The number of cyclic esters (lactones) is 1. The van der Waals surface area contributed by atoms with Gasteiger partial charge in [-0.15, -0.1) is 0 Å². The molecule has 0 aromatic heterocycles. The van der Waals surface area contributed by atoms with Gasteiger partial charge in [-0.3, -0.25) is 24.1 Å². The van der Waals surface area contributed by atoms with Crippen molar-refractivity contribution >= 4 is 23.6 Å². The first-order chi connectivity index (χ1) is 16.0. The van der Waals surface area contributed by atoms with Gasteiger partial charge in [0.2, 0.25) is 5.91 Å². The van der Waals surface area contributed by atoms with Gasteiger partial charge in [-0.1, -0.05) is 68.8 Å². The molecule has 6 heteroatoms. The van der Waals surface area contributed by atoms with Crippen LogP contribution in [-0.4, -0.2) is 35.1 Å². The second kappa shape index (κ2) is 7.36. The predicted molar refractivity (Wildman–Crippen MR) is 125 cm³/mol. The van der Waals surface area contributed by atoms with E-state index in [2.05, 4.69) is 0 Å². The Bertz CT molecular complexity index is 1230. The molecule has 34 heavy (non-hydrogen) atoms. The maximum atomic E-state index is 14.3. The monoisotopic (exact) mass is 459 g/mol.